The Morgan fingerprint density at radius 1 is 1.39 bits per heavy atom. The van der Waals surface area contributed by atoms with E-state index in [1.807, 2.05) is 18.2 Å². The monoisotopic (exact) mass is 347 g/mol. The lowest BCUT2D eigenvalue weighted by Crippen LogP contribution is -2.31. The number of nitrogens with zero attached hydrogens (tertiary/aromatic N) is 1. The van der Waals surface area contributed by atoms with E-state index in [-0.39, 0.29) is 17.9 Å². The zero-order chi connectivity index (χ0) is 16.4. The molecule has 0 fully saturated rings. The van der Waals surface area contributed by atoms with Crippen molar-refractivity contribution >= 4 is 35.1 Å². The highest BCUT2D eigenvalue weighted by molar-refractivity contribution is 7.99. The maximum Gasteiger partial charge on any atom is 0.257 e. The van der Waals surface area contributed by atoms with Gasteiger partial charge in [-0.2, -0.15) is 0 Å². The molecule has 2 N–H and O–H groups in total. The molecular formula is C16H14ClN3O2S. The molecular weight excluding hydrogens is 334 g/mol. The van der Waals surface area contributed by atoms with E-state index >= 15 is 0 Å². The fraction of sp³-hybridized carbons (Fsp3) is 0.188. The topological polar surface area (TPSA) is 74.8 Å². The summed E-state index contributed by atoms with van der Waals surface area (Å²) in [5.41, 5.74) is 0.941. The number of aromatic amines is 1. The third-order valence-corrected chi connectivity index (χ3v) is 4.76. The minimum atomic E-state index is -0.401. The van der Waals surface area contributed by atoms with Crippen molar-refractivity contribution in [2.45, 2.75) is 17.5 Å². The summed E-state index contributed by atoms with van der Waals surface area (Å²) < 4.78 is 0. The predicted molar refractivity (Wildman–Crippen MR) is 92.3 cm³/mol. The molecule has 0 saturated heterocycles. The van der Waals surface area contributed by atoms with Gasteiger partial charge >= 0.3 is 0 Å². The van der Waals surface area contributed by atoms with E-state index < -0.39 is 5.92 Å². The highest BCUT2D eigenvalue weighted by Gasteiger charge is 2.31. The number of thioether (sulfide) groups is 1. The number of hydrogen-bond donors (Lipinski definition) is 2. The van der Waals surface area contributed by atoms with E-state index in [0.717, 1.165) is 5.56 Å². The van der Waals surface area contributed by atoms with Crippen molar-refractivity contribution in [2.75, 3.05) is 11.1 Å². The van der Waals surface area contributed by atoms with Gasteiger partial charge in [0, 0.05) is 23.1 Å². The molecule has 1 aliphatic rings. The van der Waals surface area contributed by atoms with Crippen molar-refractivity contribution in [3.63, 3.8) is 0 Å². The molecule has 5 nitrogen and oxygen atoms in total. The van der Waals surface area contributed by atoms with Crippen molar-refractivity contribution in [2.24, 2.45) is 0 Å². The lowest BCUT2D eigenvalue weighted by Gasteiger charge is -2.25. The van der Waals surface area contributed by atoms with E-state index in [4.69, 9.17) is 11.6 Å². The van der Waals surface area contributed by atoms with Crippen LogP contribution in [0.2, 0.25) is 5.02 Å². The van der Waals surface area contributed by atoms with Crippen LogP contribution in [0.25, 0.3) is 0 Å². The first-order valence-electron chi connectivity index (χ1n) is 7.02. The third-order valence-electron chi connectivity index (χ3n) is 3.55. The number of carbonyl (C=O) groups is 1. The summed E-state index contributed by atoms with van der Waals surface area (Å²) in [6.45, 7) is 3.63. The first kappa shape index (κ1) is 15.8. The van der Waals surface area contributed by atoms with Gasteiger partial charge in [-0.05, 0) is 11.6 Å². The van der Waals surface area contributed by atoms with Gasteiger partial charge in [-0.15, -0.1) is 6.58 Å². The summed E-state index contributed by atoms with van der Waals surface area (Å²) in [5, 5.41) is 3.67. The number of nitrogens with one attached hydrogen (secondary N) is 2. The van der Waals surface area contributed by atoms with Crippen molar-refractivity contribution in [1.82, 2.24) is 9.97 Å². The number of carbonyl (C=O) groups excluding carboxylic acids is 1. The van der Waals surface area contributed by atoms with Gasteiger partial charge in [-0.3, -0.25) is 9.59 Å². The maximum atomic E-state index is 12.5. The summed E-state index contributed by atoms with van der Waals surface area (Å²) in [5.74, 6) is 0.340. The van der Waals surface area contributed by atoms with E-state index in [1.165, 1.54) is 11.8 Å². The van der Waals surface area contributed by atoms with Crippen molar-refractivity contribution < 1.29 is 4.79 Å². The van der Waals surface area contributed by atoms with Crippen LogP contribution < -0.4 is 10.9 Å². The number of hydrogen-bond acceptors (Lipinski definition) is 4. The summed E-state index contributed by atoms with van der Waals surface area (Å²) in [7, 11) is 0. The zero-order valence-electron chi connectivity index (χ0n) is 12.1. The zero-order valence-corrected chi connectivity index (χ0v) is 13.7. The van der Waals surface area contributed by atoms with Crippen LogP contribution in [-0.2, 0) is 4.79 Å². The summed E-state index contributed by atoms with van der Waals surface area (Å²) in [6.07, 6.45) is 1.88. The van der Waals surface area contributed by atoms with Crippen LogP contribution in [0.5, 0.6) is 0 Å². The van der Waals surface area contributed by atoms with E-state index in [2.05, 4.69) is 21.9 Å². The SMILES string of the molecule is C=CCSc1nc2c(c(=O)[nH]1)[C@@H](c1ccccc1Cl)CC(=O)N2. The molecule has 1 amide bonds. The van der Waals surface area contributed by atoms with Crippen LogP contribution in [0.4, 0.5) is 5.82 Å². The Morgan fingerprint density at radius 2 is 2.17 bits per heavy atom. The molecule has 7 heteroatoms. The molecule has 1 atom stereocenters. The molecule has 3 rings (SSSR count). The predicted octanol–water partition coefficient (Wildman–Crippen LogP) is 3.18. The second kappa shape index (κ2) is 6.60. The Labute approximate surface area is 142 Å². The van der Waals surface area contributed by atoms with Crippen LogP contribution in [0, 0.1) is 0 Å². The van der Waals surface area contributed by atoms with Gasteiger partial charge in [0.15, 0.2) is 5.16 Å². The van der Waals surface area contributed by atoms with E-state index in [0.29, 0.717) is 27.3 Å². The van der Waals surface area contributed by atoms with Crippen molar-refractivity contribution in [1.29, 1.82) is 0 Å². The second-order valence-electron chi connectivity index (χ2n) is 5.06. The molecule has 0 bridgehead atoms. The summed E-state index contributed by atoms with van der Waals surface area (Å²) >= 11 is 7.59. The molecule has 118 valence electrons. The quantitative estimate of drug-likeness (QED) is 0.506. The molecule has 0 saturated carbocycles. The van der Waals surface area contributed by atoms with Crippen molar-refractivity contribution in [3.05, 3.63) is 63.4 Å². The van der Waals surface area contributed by atoms with Crippen LogP contribution >= 0.6 is 23.4 Å². The van der Waals surface area contributed by atoms with Gasteiger partial charge in [0.05, 0.1) is 5.56 Å². The lowest BCUT2D eigenvalue weighted by atomic mass is 9.87. The highest BCUT2D eigenvalue weighted by atomic mass is 35.5. The van der Waals surface area contributed by atoms with Gasteiger partial charge in [0.2, 0.25) is 5.91 Å². The minimum absolute atomic E-state index is 0.167. The van der Waals surface area contributed by atoms with Gasteiger partial charge in [-0.25, -0.2) is 4.98 Å². The summed E-state index contributed by atoms with van der Waals surface area (Å²) in [4.78, 5) is 31.7. The van der Waals surface area contributed by atoms with Gasteiger partial charge < -0.3 is 10.3 Å². The number of H-pyrrole nitrogens is 1. The molecule has 1 aromatic carbocycles. The van der Waals surface area contributed by atoms with Crippen molar-refractivity contribution in [3.8, 4) is 0 Å². The third kappa shape index (κ3) is 3.18. The number of benzene rings is 1. The number of halogens is 1. The smallest absolute Gasteiger partial charge is 0.257 e. The molecule has 0 unspecified atom stereocenters. The number of amides is 1. The summed E-state index contributed by atoms with van der Waals surface area (Å²) in [6, 6.07) is 7.23. The molecule has 2 heterocycles. The van der Waals surface area contributed by atoms with E-state index in [9.17, 15) is 9.59 Å². The average molecular weight is 348 g/mol. The fourth-order valence-electron chi connectivity index (χ4n) is 2.58. The normalized spacial score (nSPS) is 16.6. The Hall–Kier alpha value is -2.05. The molecule has 2 aromatic rings. The fourth-order valence-corrected chi connectivity index (χ4v) is 3.44. The van der Waals surface area contributed by atoms with Crippen LogP contribution in [-0.4, -0.2) is 21.6 Å². The number of aromatic nitrogens is 2. The molecule has 23 heavy (non-hydrogen) atoms. The lowest BCUT2D eigenvalue weighted by molar-refractivity contribution is -0.116. The molecule has 0 radical (unpaired) electrons. The first-order chi connectivity index (χ1) is 11.1. The van der Waals surface area contributed by atoms with Gasteiger partial charge in [0.1, 0.15) is 5.82 Å². The maximum absolute atomic E-state index is 12.5. The van der Waals surface area contributed by atoms with Gasteiger partial charge in [0.25, 0.3) is 5.56 Å². The van der Waals surface area contributed by atoms with Crippen LogP contribution in [0.15, 0.2) is 46.9 Å². The molecule has 1 aliphatic heterocycles. The Kier molecular flexibility index (Phi) is 4.54. The standard InChI is InChI=1S/C16H14ClN3O2S/c1-2-7-23-16-19-14-13(15(22)20-16)10(8-12(21)18-14)9-5-3-4-6-11(9)17/h2-6,10H,1,7-8H2,(H2,18,19,20,21,22)/t10-/m1/s1. The largest absolute Gasteiger partial charge is 0.310 e. The Morgan fingerprint density at radius 3 is 2.91 bits per heavy atom. The molecule has 1 aromatic heterocycles. The number of anilines is 1. The Bertz CT molecular complexity index is 834. The molecule has 0 aliphatic carbocycles. The highest BCUT2D eigenvalue weighted by Crippen LogP contribution is 2.37. The first-order valence-corrected chi connectivity index (χ1v) is 8.38. The van der Waals surface area contributed by atoms with Crippen LogP contribution in [0.3, 0.4) is 0 Å². The van der Waals surface area contributed by atoms with Gasteiger partial charge in [-0.1, -0.05) is 47.6 Å². The molecule has 0 spiro atoms. The van der Waals surface area contributed by atoms with E-state index in [1.54, 1.807) is 12.1 Å². The number of fused-ring (bicyclic) bond motifs is 1. The minimum Gasteiger partial charge on any atom is -0.310 e. The Balaban J connectivity index is 2.11. The number of rotatable bonds is 4. The second-order valence-corrected chi connectivity index (χ2v) is 6.48. The average Bonchev–Trinajstić information content (AvgIpc) is 2.52. The van der Waals surface area contributed by atoms with Crippen LogP contribution in [0.1, 0.15) is 23.5 Å².